The van der Waals surface area contributed by atoms with E-state index in [1.807, 2.05) is 20.0 Å². The maximum Gasteiger partial charge on any atom is 0.349 e. The molecular weight excluding hydrogens is 324 g/mol. The van der Waals surface area contributed by atoms with E-state index in [-0.39, 0.29) is 5.91 Å². The van der Waals surface area contributed by atoms with Crippen molar-refractivity contribution in [1.29, 1.82) is 0 Å². The van der Waals surface area contributed by atoms with Crippen LogP contribution in [0.1, 0.15) is 25.0 Å². The molecule has 0 unspecified atom stereocenters. The molecule has 3 rings (SSSR count). The maximum atomic E-state index is 12.3. The third-order valence-corrected chi connectivity index (χ3v) is 5.13. The van der Waals surface area contributed by atoms with Crippen molar-refractivity contribution in [2.75, 3.05) is 12.4 Å². The number of aromatic nitrogens is 3. The second kappa shape index (κ2) is 5.50. The maximum absolute atomic E-state index is 12.3. The van der Waals surface area contributed by atoms with Crippen LogP contribution in [0.5, 0.6) is 0 Å². The van der Waals surface area contributed by atoms with E-state index in [4.69, 9.17) is 0 Å². The molecule has 0 aliphatic carbocycles. The van der Waals surface area contributed by atoms with Gasteiger partial charge in [-0.1, -0.05) is 11.3 Å². The summed E-state index contributed by atoms with van der Waals surface area (Å²) >= 11 is 2.44. The van der Waals surface area contributed by atoms with Gasteiger partial charge in [-0.25, -0.2) is 9.78 Å². The lowest BCUT2D eigenvalue weighted by Gasteiger charge is -1.97. The number of thiazole rings is 1. The highest BCUT2D eigenvalue weighted by Crippen LogP contribution is 2.28. The van der Waals surface area contributed by atoms with Crippen LogP contribution >= 0.6 is 22.7 Å². The molecule has 0 saturated heterocycles. The summed E-state index contributed by atoms with van der Waals surface area (Å²) in [4.78, 5) is 29.5. The first kappa shape index (κ1) is 14.7. The van der Waals surface area contributed by atoms with Crippen LogP contribution in [-0.4, -0.2) is 33.8 Å². The summed E-state index contributed by atoms with van der Waals surface area (Å²) in [6, 6.07) is 1.81. The lowest BCUT2D eigenvalue weighted by atomic mass is 10.3. The number of carbonyl (C=O) groups is 2. The van der Waals surface area contributed by atoms with Crippen LogP contribution in [0, 0.1) is 6.92 Å². The Morgan fingerprint density at radius 2 is 2.09 bits per heavy atom. The van der Waals surface area contributed by atoms with Crippen LogP contribution < -0.4 is 5.32 Å². The van der Waals surface area contributed by atoms with Gasteiger partial charge < -0.3 is 4.74 Å². The normalized spacial score (nSPS) is 10.9. The van der Waals surface area contributed by atoms with E-state index in [2.05, 4.69) is 20.1 Å². The van der Waals surface area contributed by atoms with E-state index in [0.717, 1.165) is 27.2 Å². The van der Waals surface area contributed by atoms with Crippen molar-refractivity contribution in [3.05, 3.63) is 27.7 Å². The number of hydrogen-bond acceptors (Lipinski definition) is 7. The van der Waals surface area contributed by atoms with Crippen molar-refractivity contribution in [3.8, 4) is 0 Å². The molecule has 3 heterocycles. The minimum atomic E-state index is -0.471. The largest absolute Gasteiger partial charge is 0.465 e. The number of rotatable bonds is 3. The van der Waals surface area contributed by atoms with Crippen molar-refractivity contribution in [3.63, 3.8) is 0 Å². The molecule has 0 radical (unpaired) electrons. The molecule has 0 bridgehead atoms. The summed E-state index contributed by atoms with van der Waals surface area (Å²) in [7, 11) is 3.14. The zero-order chi connectivity index (χ0) is 15.9. The molecule has 22 heavy (non-hydrogen) atoms. The summed E-state index contributed by atoms with van der Waals surface area (Å²) in [6.07, 6.45) is 1.38. The summed E-state index contributed by atoms with van der Waals surface area (Å²) < 4.78 is 6.36. The van der Waals surface area contributed by atoms with Gasteiger partial charge in [-0.3, -0.25) is 14.8 Å². The minimum Gasteiger partial charge on any atom is -0.465 e. The SMILES string of the molecule is COC(=O)c1cnc(NC(=O)c2cc3c(C)nn(C)c3s2)s1. The van der Waals surface area contributed by atoms with Crippen molar-refractivity contribution in [2.45, 2.75) is 6.92 Å². The van der Waals surface area contributed by atoms with Crippen molar-refractivity contribution in [2.24, 2.45) is 7.05 Å². The van der Waals surface area contributed by atoms with E-state index in [0.29, 0.717) is 14.9 Å². The standard InChI is InChI=1S/C13H12N4O3S2/c1-6-7-4-8(21-11(7)17(2)16-6)10(18)15-13-14-5-9(22-13)12(19)20-3/h4-5H,1-3H3,(H,14,15,18). The highest BCUT2D eigenvalue weighted by molar-refractivity contribution is 7.21. The fourth-order valence-corrected chi connectivity index (χ4v) is 3.75. The number of methoxy groups -OCH3 is 1. The van der Waals surface area contributed by atoms with Gasteiger partial charge in [0.2, 0.25) is 0 Å². The first-order chi connectivity index (χ1) is 10.5. The number of carbonyl (C=O) groups excluding carboxylic acids is 2. The van der Waals surface area contributed by atoms with Gasteiger partial charge >= 0.3 is 5.97 Å². The zero-order valence-corrected chi connectivity index (χ0v) is 13.7. The molecule has 0 fully saturated rings. The van der Waals surface area contributed by atoms with E-state index >= 15 is 0 Å². The average Bonchev–Trinajstić information content (AvgIpc) is 3.17. The Hall–Kier alpha value is -2.26. The Balaban J connectivity index is 1.82. The highest BCUT2D eigenvalue weighted by atomic mass is 32.1. The number of hydrogen-bond donors (Lipinski definition) is 1. The lowest BCUT2D eigenvalue weighted by molar-refractivity contribution is 0.0606. The number of esters is 1. The number of fused-ring (bicyclic) bond motifs is 1. The topological polar surface area (TPSA) is 86.1 Å². The van der Waals surface area contributed by atoms with Crippen LogP contribution in [0.2, 0.25) is 0 Å². The van der Waals surface area contributed by atoms with Crippen molar-refractivity contribution in [1.82, 2.24) is 14.8 Å². The van der Waals surface area contributed by atoms with Gasteiger partial charge in [-0.15, -0.1) is 11.3 Å². The Morgan fingerprint density at radius 1 is 1.32 bits per heavy atom. The Morgan fingerprint density at radius 3 is 2.77 bits per heavy atom. The van der Waals surface area contributed by atoms with Crippen LogP contribution in [0.15, 0.2) is 12.3 Å². The molecule has 7 nitrogen and oxygen atoms in total. The smallest absolute Gasteiger partial charge is 0.349 e. The number of nitrogens with zero attached hydrogens (tertiary/aromatic N) is 3. The van der Waals surface area contributed by atoms with E-state index in [9.17, 15) is 9.59 Å². The van der Waals surface area contributed by atoms with Gasteiger partial charge in [0.1, 0.15) is 9.71 Å². The van der Waals surface area contributed by atoms with E-state index in [1.54, 1.807) is 4.68 Å². The molecule has 0 aliphatic rings. The molecule has 1 amide bonds. The van der Waals surface area contributed by atoms with Gasteiger partial charge in [-0.2, -0.15) is 5.10 Å². The van der Waals surface area contributed by atoms with Crippen molar-refractivity contribution >= 4 is 49.9 Å². The third-order valence-electron chi connectivity index (χ3n) is 3.03. The third kappa shape index (κ3) is 2.48. The Bertz CT molecular complexity index is 843. The molecule has 1 N–H and O–H groups in total. The quantitative estimate of drug-likeness (QED) is 0.742. The highest BCUT2D eigenvalue weighted by Gasteiger charge is 2.17. The number of aryl methyl sites for hydroxylation is 2. The molecule has 114 valence electrons. The molecule has 0 aliphatic heterocycles. The molecule has 3 aromatic heterocycles. The first-order valence-corrected chi connectivity index (χ1v) is 7.91. The predicted molar refractivity (Wildman–Crippen MR) is 84.7 cm³/mol. The molecule has 0 aromatic carbocycles. The zero-order valence-electron chi connectivity index (χ0n) is 12.0. The predicted octanol–water partition coefficient (Wildman–Crippen LogP) is 2.44. The van der Waals surface area contributed by atoms with Gasteiger partial charge in [0, 0.05) is 12.4 Å². The summed E-state index contributed by atoms with van der Waals surface area (Å²) in [5.41, 5.74) is 0.884. The van der Waals surface area contributed by atoms with Crippen LogP contribution in [0.4, 0.5) is 5.13 Å². The Labute approximate surface area is 133 Å². The lowest BCUT2D eigenvalue weighted by Crippen LogP contribution is -2.09. The average molecular weight is 336 g/mol. The second-order valence-electron chi connectivity index (χ2n) is 4.51. The number of anilines is 1. The van der Waals surface area contributed by atoms with Gasteiger partial charge in [0.25, 0.3) is 5.91 Å². The summed E-state index contributed by atoms with van der Waals surface area (Å²) in [5, 5.41) is 8.31. The minimum absolute atomic E-state index is 0.258. The van der Waals surface area contributed by atoms with E-state index in [1.165, 1.54) is 24.6 Å². The van der Waals surface area contributed by atoms with Crippen LogP contribution in [0.3, 0.4) is 0 Å². The van der Waals surface area contributed by atoms with Gasteiger partial charge in [0.15, 0.2) is 5.13 Å². The van der Waals surface area contributed by atoms with E-state index < -0.39 is 5.97 Å². The van der Waals surface area contributed by atoms with Gasteiger partial charge in [0.05, 0.1) is 23.9 Å². The molecular formula is C13H12N4O3S2. The van der Waals surface area contributed by atoms with Gasteiger partial charge in [-0.05, 0) is 13.0 Å². The number of thiophene rings is 1. The Kier molecular flexibility index (Phi) is 3.67. The monoisotopic (exact) mass is 336 g/mol. The van der Waals surface area contributed by atoms with Crippen molar-refractivity contribution < 1.29 is 14.3 Å². The number of ether oxygens (including phenoxy) is 1. The molecule has 3 aromatic rings. The molecule has 0 spiro atoms. The molecule has 0 saturated carbocycles. The fourth-order valence-electron chi connectivity index (χ4n) is 2.00. The van der Waals surface area contributed by atoms with Crippen LogP contribution in [0.25, 0.3) is 10.2 Å². The fraction of sp³-hybridized carbons (Fsp3) is 0.231. The second-order valence-corrected chi connectivity index (χ2v) is 6.58. The van der Waals surface area contributed by atoms with Crippen LogP contribution in [-0.2, 0) is 11.8 Å². The number of amides is 1. The summed E-state index contributed by atoms with van der Waals surface area (Å²) in [6.45, 7) is 1.90. The molecule has 0 atom stereocenters. The first-order valence-electron chi connectivity index (χ1n) is 6.28. The summed E-state index contributed by atoms with van der Waals surface area (Å²) in [5.74, 6) is -0.729. The number of nitrogens with one attached hydrogen (secondary N) is 1. The molecule has 9 heteroatoms.